The Balaban J connectivity index is 2.49. The maximum Gasteiger partial charge on any atom is 0.137 e. The minimum absolute atomic E-state index is 0.200. The van der Waals surface area contributed by atoms with Gasteiger partial charge in [0.2, 0.25) is 0 Å². The lowest BCUT2D eigenvalue weighted by molar-refractivity contribution is 0.413. The number of pyridine rings is 1. The molecule has 0 fully saturated rings. The molecule has 0 saturated carbocycles. The molecule has 0 saturated heterocycles. The molecule has 0 radical (unpaired) electrons. The first-order valence-electron chi connectivity index (χ1n) is 5.14. The molecule has 0 amide bonds. The van der Waals surface area contributed by atoms with Crippen LogP contribution < -0.4 is 15.8 Å². The van der Waals surface area contributed by atoms with Crippen LogP contribution in [0.1, 0.15) is 20.3 Å². The summed E-state index contributed by atoms with van der Waals surface area (Å²) in [5.41, 5.74) is 5.71. The summed E-state index contributed by atoms with van der Waals surface area (Å²) in [4.78, 5) is 4.22. The lowest BCUT2D eigenvalue weighted by atomic mass is 10.1. The van der Waals surface area contributed by atoms with Crippen molar-refractivity contribution < 1.29 is 4.74 Å². The zero-order valence-electron chi connectivity index (χ0n) is 9.53. The zero-order valence-corrected chi connectivity index (χ0v) is 9.53. The molecule has 4 heteroatoms. The highest BCUT2D eigenvalue weighted by Crippen LogP contribution is 2.12. The van der Waals surface area contributed by atoms with Gasteiger partial charge in [0.15, 0.2) is 0 Å². The van der Waals surface area contributed by atoms with Gasteiger partial charge in [-0.3, -0.25) is 0 Å². The zero-order chi connectivity index (χ0) is 11.3. The number of hydrogen-bond donors (Lipinski definition) is 2. The number of nitrogens with zero attached hydrogens (tertiary/aromatic N) is 1. The van der Waals surface area contributed by atoms with Gasteiger partial charge in [-0.1, -0.05) is 0 Å². The van der Waals surface area contributed by atoms with Crippen LogP contribution in [0.15, 0.2) is 18.3 Å². The van der Waals surface area contributed by atoms with Gasteiger partial charge in [0.05, 0.1) is 13.3 Å². The molecule has 3 N–H and O–H groups in total. The van der Waals surface area contributed by atoms with Crippen molar-refractivity contribution in [2.24, 2.45) is 5.73 Å². The van der Waals surface area contributed by atoms with Crippen molar-refractivity contribution in [2.75, 3.05) is 12.4 Å². The first kappa shape index (κ1) is 11.8. The topological polar surface area (TPSA) is 60.2 Å². The Hall–Kier alpha value is -1.29. The molecule has 84 valence electrons. The van der Waals surface area contributed by atoms with E-state index in [4.69, 9.17) is 10.5 Å². The van der Waals surface area contributed by atoms with Crippen molar-refractivity contribution in [2.45, 2.75) is 32.4 Å². The summed E-state index contributed by atoms with van der Waals surface area (Å²) in [6, 6.07) is 4.31. The van der Waals surface area contributed by atoms with E-state index in [-0.39, 0.29) is 6.04 Å². The number of ether oxygens (including phenoxy) is 1. The Labute approximate surface area is 90.8 Å². The van der Waals surface area contributed by atoms with E-state index in [2.05, 4.69) is 17.2 Å². The maximum atomic E-state index is 5.71. The Morgan fingerprint density at radius 1 is 1.47 bits per heavy atom. The monoisotopic (exact) mass is 209 g/mol. The molecule has 0 bridgehead atoms. The summed E-state index contributed by atoms with van der Waals surface area (Å²) in [5.74, 6) is 1.62. The van der Waals surface area contributed by atoms with Crippen LogP contribution in [-0.2, 0) is 0 Å². The molecule has 1 aromatic rings. The second-order valence-corrected chi connectivity index (χ2v) is 3.84. The normalized spacial score (nSPS) is 14.4. The van der Waals surface area contributed by atoms with E-state index in [0.29, 0.717) is 6.04 Å². The number of nitrogens with one attached hydrogen (secondary N) is 1. The summed E-state index contributed by atoms with van der Waals surface area (Å²) < 4.78 is 5.03. The molecule has 1 heterocycles. The summed E-state index contributed by atoms with van der Waals surface area (Å²) in [5, 5.41) is 3.28. The predicted octanol–water partition coefficient (Wildman–Crippen LogP) is 1.63. The van der Waals surface area contributed by atoms with Gasteiger partial charge in [0, 0.05) is 12.1 Å². The fourth-order valence-electron chi connectivity index (χ4n) is 1.46. The van der Waals surface area contributed by atoms with Crippen LogP contribution >= 0.6 is 0 Å². The second-order valence-electron chi connectivity index (χ2n) is 3.84. The van der Waals surface area contributed by atoms with Crippen molar-refractivity contribution >= 4 is 5.82 Å². The van der Waals surface area contributed by atoms with E-state index < -0.39 is 0 Å². The quantitative estimate of drug-likeness (QED) is 0.773. The third-order valence-corrected chi connectivity index (χ3v) is 2.09. The van der Waals surface area contributed by atoms with Crippen molar-refractivity contribution in [3.8, 4) is 5.75 Å². The predicted molar refractivity (Wildman–Crippen MR) is 62.1 cm³/mol. The van der Waals surface area contributed by atoms with Crippen molar-refractivity contribution in [1.29, 1.82) is 0 Å². The Morgan fingerprint density at radius 2 is 2.20 bits per heavy atom. The van der Waals surface area contributed by atoms with Gasteiger partial charge in [-0.2, -0.15) is 0 Å². The van der Waals surface area contributed by atoms with Gasteiger partial charge >= 0.3 is 0 Å². The van der Waals surface area contributed by atoms with Gasteiger partial charge in [-0.25, -0.2) is 4.98 Å². The average Bonchev–Trinajstić information content (AvgIpc) is 2.17. The van der Waals surface area contributed by atoms with Crippen molar-refractivity contribution in [3.63, 3.8) is 0 Å². The Bertz CT molecular complexity index is 284. The lowest BCUT2D eigenvalue weighted by Gasteiger charge is -2.16. The highest BCUT2D eigenvalue weighted by Gasteiger charge is 2.05. The van der Waals surface area contributed by atoms with E-state index in [1.807, 2.05) is 19.1 Å². The lowest BCUT2D eigenvalue weighted by Crippen LogP contribution is -2.26. The molecule has 4 nitrogen and oxygen atoms in total. The Kier molecular flexibility index (Phi) is 4.37. The smallest absolute Gasteiger partial charge is 0.137 e. The van der Waals surface area contributed by atoms with E-state index in [1.54, 1.807) is 13.3 Å². The molecule has 15 heavy (non-hydrogen) atoms. The first-order chi connectivity index (χ1) is 7.11. The minimum atomic E-state index is 0.200. The number of anilines is 1. The van der Waals surface area contributed by atoms with E-state index in [0.717, 1.165) is 18.0 Å². The summed E-state index contributed by atoms with van der Waals surface area (Å²) in [6.07, 6.45) is 2.62. The molecule has 0 aliphatic carbocycles. The van der Waals surface area contributed by atoms with Crippen LogP contribution in [0, 0.1) is 0 Å². The van der Waals surface area contributed by atoms with Crippen LogP contribution in [0.2, 0.25) is 0 Å². The number of nitrogens with two attached hydrogens (primary N) is 1. The molecule has 0 aromatic carbocycles. The average molecular weight is 209 g/mol. The fraction of sp³-hybridized carbons (Fsp3) is 0.545. The standard InChI is InChI=1S/C11H19N3O/c1-8(12)6-9(2)14-11-5-4-10(15-3)7-13-11/h4-5,7-9H,6,12H2,1-3H3,(H,13,14). The third-order valence-electron chi connectivity index (χ3n) is 2.09. The van der Waals surface area contributed by atoms with Gasteiger partial charge in [-0.15, -0.1) is 0 Å². The Morgan fingerprint density at radius 3 is 2.67 bits per heavy atom. The number of aromatic nitrogens is 1. The largest absolute Gasteiger partial charge is 0.495 e. The molecule has 0 spiro atoms. The van der Waals surface area contributed by atoms with E-state index in [1.165, 1.54) is 0 Å². The second kappa shape index (κ2) is 5.56. The fourth-order valence-corrected chi connectivity index (χ4v) is 1.46. The molecule has 1 aromatic heterocycles. The van der Waals surface area contributed by atoms with Gasteiger partial charge in [-0.05, 0) is 32.4 Å². The number of rotatable bonds is 5. The highest BCUT2D eigenvalue weighted by atomic mass is 16.5. The number of methoxy groups -OCH3 is 1. The SMILES string of the molecule is COc1ccc(NC(C)CC(C)N)nc1. The van der Waals surface area contributed by atoms with Crippen molar-refractivity contribution in [3.05, 3.63) is 18.3 Å². The van der Waals surface area contributed by atoms with Crippen LogP contribution in [-0.4, -0.2) is 24.2 Å². The molecule has 0 aliphatic rings. The molecule has 1 rings (SSSR count). The molecule has 0 aliphatic heterocycles. The van der Waals surface area contributed by atoms with Crippen molar-refractivity contribution in [1.82, 2.24) is 4.98 Å². The maximum absolute atomic E-state index is 5.71. The molecule has 2 unspecified atom stereocenters. The van der Waals surface area contributed by atoms with Gasteiger partial charge in [0.25, 0.3) is 0 Å². The van der Waals surface area contributed by atoms with Crippen LogP contribution in [0.3, 0.4) is 0 Å². The summed E-state index contributed by atoms with van der Waals surface area (Å²) >= 11 is 0. The third kappa shape index (κ3) is 4.16. The number of hydrogen-bond acceptors (Lipinski definition) is 4. The van der Waals surface area contributed by atoms with Gasteiger partial charge in [0.1, 0.15) is 11.6 Å². The summed E-state index contributed by atoms with van der Waals surface area (Å²) in [6.45, 7) is 4.09. The summed E-state index contributed by atoms with van der Waals surface area (Å²) in [7, 11) is 1.63. The van der Waals surface area contributed by atoms with Crippen LogP contribution in [0.4, 0.5) is 5.82 Å². The van der Waals surface area contributed by atoms with Crippen LogP contribution in [0.25, 0.3) is 0 Å². The molecular formula is C11H19N3O. The molecular weight excluding hydrogens is 190 g/mol. The van der Waals surface area contributed by atoms with E-state index >= 15 is 0 Å². The molecule has 2 atom stereocenters. The highest BCUT2D eigenvalue weighted by molar-refractivity contribution is 5.38. The minimum Gasteiger partial charge on any atom is -0.495 e. The van der Waals surface area contributed by atoms with E-state index in [9.17, 15) is 0 Å². The first-order valence-corrected chi connectivity index (χ1v) is 5.14. The van der Waals surface area contributed by atoms with Gasteiger partial charge < -0.3 is 15.8 Å². The van der Waals surface area contributed by atoms with Crippen LogP contribution in [0.5, 0.6) is 5.75 Å².